The molecule has 0 fully saturated rings. The van der Waals surface area contributed by atoms with E-state index in [0.29, 0.717) is 26.1 Å². The number of nitrogens with two attached hydrogens (primary N) is 2. The summed E-state index contributed by atoms with van der Waals surface area (Å²) >= 11 is 0. The average molecular weight is 799 g/mol. The van der Waals surface area contributed by atoms with Crippen molar-refractivity contribution in [2.45, 2.75) is 213 Å². The molecule has 1 unspecified atom stereocenters. The number of nitrogens with one attached hydrogen (secondary N) is 3. The minimum atomic E-state index is -0.355. The van der Waals surface area contributed by atoms with Gasteiger partial charge in [0.25, 0.3) is 0 Å². The predicted octanol–water partition coefficient (Wildman–Crippen LogP) is 11.3. The fraction of sp³-hybridized carbons (Fsp3) is 0.796. The minimum absolute atomic E-state index is 0.0317. The second kappa shape index (κ2) is 46.4. The number of rotatable bonds is 44. The van der Waals surface area contributed by atoms with E-state index in [1.165, 1.54) is 141 Å². The Hall–Kier alpha value is -2.26. The van der Waals surface area contributed by atoms with Crippen molar-refractivity contribution in [1.29, 1.82) is 0 Å². The fourth-order valence-electron chi connectivity index (χ4n) is 6.77. The molecule has 0 bridgehead atoms. The van der Waals surface area contributed by atoms with Crippen LogP contribution in [0.2, 0.25) is 0 Å². The summed E-state index contributed by atoms with van der Waals surface area (Å²) in [5.41, 5.74) is 11.3. The molecule has 0 radical (unpaired) electrons. The molecule has 0 rings (SSSR count). The standard InChI is InChI=1S/C49H94N6O2/c1-3-5-7-9-11-13-15-17-19-21-23-25-27-29-31-33-44-55(45-34-32-30-28-26-24-22-20-18-16-14-12-10-8-6-4-2)48(56)46-54-49(57)47(53-43-37-40-51)38-35-41-52-42-36-39-50/h17-20,33-34,44-45,47,52-53H,3-16,21-32,35-43,46,50-51H2,1-2H3,(H,54,57)/b19-17+,20-18+,44-33-,45-34+. The zero-order valence-corrected chi connectivity index (χ0v) is 37.6. The highest BCUT2D eigenvalue weighted by Gasteiger charge is 2.19. The van der Waals surface area contributed by atoms with Gasteiger partial charge in [-0.1, -0.05) is 140 Å². The van der Waals surface area contributed by atoms with Gasteiger partial charge in [0.1, 0.15) is 0 Å². The lowest BCUT2D eigenvalue weighted by atomic mass is 10.1. The number of carbonyl (C=O) groups excluding carboxylic acids is 2. The number of nitrogens with zero attached hydrogens (tertiary/aromatic N) is 1. The first-order valence-electron chi connectivity index (χ1n) is 24.2. The van der Waals surface area contributed by atoms with Gasteiger partial charge in [-0.25, -0.2) is 0 Å². The summed E-state index contributed by atoms with van der Waals surface area (Å²) in [6.45, 7) is 8.14. The number of hydrogen-bond donors (Lipinski definition) is 5. The van der Waals surface area contributed by atoms with Crippen LogP contribution in [-0.4, -0.2) is 62.0 Å². The van der Waals surface area contributed by atoms with Crippen LogP contribution >= 0.6 is 0 Å². The van der Waals surface area contributed by atoms with Crippen molar-refractivity contribution < 1.29 is 9.59 Å². The summed E-state index contributed by atoms with van der Waals surface area (Å²) in [7, 11) is 0. The van der Waals surface area contributed by atoms with Gasteiger partial charge < -0.3 is 27.4 Å². The molecule has 0 aromatic rings. The SMILES string of the molecule is CCCCCCCC/C=C/CCCCCC/C=C\N(/C=C/CCCCCC/C=C/CCCCCCCC)C(=O)CNC(=O)C(CCCNCCCN)NCCCN. The van der Waals surface area contributed by atoms with E-state index in [1.807, 2.05) is 12.4 Å². The van der Waals surface area contributed by atoms with E-state index in [2.05, 4.69) is 66.3 Å². The van der Waals surface area contributed by atoms with Gasteiger partial charge >= 0.3 is 0 Å². The largest absolute Gasteiger partial charge is 0.346 e. The topological polar surface area (TPSA) is 126 Å². The van der Waals surface area contributed by atoms with Crippen molar-refractivity contribution in [2.24, 2.45) is 11.5 Å². The predicted molar refractivity (Wildman–Crippen MR) is 249 cm³/mol. The molecule has 8 nitrogen and oxygen atoms in total. The smallest absolute Gasteiger partial charge is 0.249 e. The van der Waals surface area contributed by atoms with Crippen molar-refractivity contribution in [3.63, 3.8) is 0 Å². The van der Waals surface area contributed by atoms with Crippen LogP contribution in [0.3, 0.4) is 0 Å². The number of allylic oxidation sites excluding steroid dienone is 6. The number of hydrogen-bond acceptors (Lipinski definition) is 6. The fourth-order valence-corrected chi connectivity index (χ4v) is 6.77. The maximum absolute atomic E-state index is 13.4. The highest BCUT2D eigenvalue weighted by molar-refractivity contribution is 5.88. The minimum Gasteiger partial charge on any atom is -0.346 e. The lowest BCUT2D eigenvalue weighted by Gasteiger charge is -2.20. The Kier molecular flexibility index (Phi) is 44.6. The molecule has 0 heterocycles. The van der Waals surface area contributed by atoms with Crippen LogP contribution in [0.5, 0.6) is 0 Å². The second-order valence-corrected chi connectivity index (χ2v) is 16.0. The molecule has 332 valence electrons. The van der Waals surface area contributed by atoms with E-state index in [1.54, 1.807) is 4.90 Å². The van der Waals surface area contributed by atoms with Crippen molar-refractivity contribution in [3.8, 4) is 0 Å². The van der Waals surface area contributed by atoms with Crippen molar-refractivity contribution in [2.75, 3.05) is 39.3 Å². The van der Waals surface area contributed by atoms with Gasteiger partial charge in [0.2, 0.25) is 11.8 Å². The highest BCUT2D eigenvalue weighted by Crippen LogP contribution is 2.12. The first-order chi connectivity index (χ1) is 28.1. The Balaban J connectivity index is 4.79. The van der Waals surface area contributed by atoms with Crippen molar-refractivity contribution >= 4 is 11.8 Å². The third-order valence-corrected chi connectivity index (χ3v) is 10.5. The normalized spacial score (nSPS) is 12.6. The van der Waals surface area contributed by atoms with E-state index < -0.39 is 0 Å². The van der Waals surface area contributed by atoms with Crippen LogP contribution in [0.15, 0.2) is 48.9 Å². The molecule has 2 amide bonds. The van der Waals surface area contributed by atoms with Crippen molar-refractivity contribution in [1.82, 2.24) is 20.9 Å². The molecule has 8 heteroatoms. The molecule has 0 spiro atoms. The number of carbonyl (C=O) groups is 2. The molecule has 57 heavy (non-hydrogen) atoms. The molecule has 1 atom stereocenters. The molecule has 0 aliphatic rings. The molecule has 0 aromatic carbocycles. The third kappa shape index (κ3) is 40.3. The molecule has 0 aromatic heterocycles. The second-order valence-electron chi connectivity index (χ2n) is 16.0. The summed E-state index contributed by atoms with van der Waals surface area (Å²) in [5.74, 6) is -0.259. The molecular weight excluding hydrogens is 705 g/mol. The number of amides is 2. The maximum Gasteiger partial charge on any atom is 0.249 e. The van der Waals surface area contributed by atoms with Crippen molar-refractivity contribution in [3.05, 3.63) is 48.9 Å². The summed E-state index contributed by atoms with van der Waals surface area (Å²) in [6.07, 6.45) is 53.4. The molecule has 7 N–H and O–H groups in total. The quantitative estimate of drug-likeness (QED) is 0.0309. The molecular formula is C49H94N6O2. The van der Waals surface area contributed by atoms with Crippen LogP contribution < -0.4 is 27.4 Å². The lowest BCUT2D eigenvalue weighted by molar-refractivity contribution is -0.130. The molecule has 0 saturated heterocycles. The summed E-state index contributed by atoms with van der Waals surface area (Å²) < 4.78 is 0. The van der Waals surface area contributed by atoms with Crippen LogP contribution in [-0.2, 0) is 9.59 Å². The third-order valence-electron chi connectivity index (χ3n) is 10.5. The molecule has 0 saturated carbocycles. The highest BCUT2D eigenvalue weighted by atomic mass is 16.2. The number of unbranched alkanes of at least 4 members (excludes halogenated alkanes) is 22. The first-order valence-corrected chi connectivity index (χ1v) is 24.2. The van der Waals surface area contributed by atoms with Gasteiger partial charge in [-0.05, 0) is 135 Å². The Morgan fingerprint density at radius 1 is 0.491 bits per heavy atom. The van der Waals surface area contributed by atoms with Crippen LogP contribution in [0.1, 0.15) is 206 Å². The summed E-state index contributed by atoms with van der Waals surface area (Å²) in [5, 5.41) is 9.65. The van der Waals surface area contributed by atoms with Crippen LogP contribution in [0.25, 0.3) is 0 Å². The van der Waals surface area contributed by atoms with Gasteiger partial charge in [-0.15, -0.1) is 0 Å². The Labute approximate surface area is 353 Å². The summed E-state index contributed by atoms with van der Waals surface area (Å²) in [6, 6.07) is -0.355. The van der Waals surface area contributed by atoms with E-state index in [4.69, 9.17) is 11.5 Å². The zero-order valence-electron chi connectivity index (χ0n) is 37.6. The van der Waals surface area contributed by atoms with Crippen LogP contribution in [0.4, 0.5) is 0 Å². The monoisotopic (exact) mass is 799 g/mol. The van der Waals surface area contributed by atoms with E-state index >= 15 is 0 Å². The maximum atomic E-state index is 13.4. The van der Waals surface area contributed by atoms with Crippen LogP contribution in [0, 0.1) is 0 Å². The molecule has 0 aliphatic carbocycles. The first kappa shape index (κ1) is 54.7. The van der Waals surface area contributed by atoms with E-state index in [9.17, 15) is 9.59 Å². The Morgan fingerprint density at radius 3 is 1.32 bits per heavy atom. The summed E-state index contributed by atoms with van der Waals surface area (Å²) in [4.78, 5) is 28.3. The van der Waals surface area contributed by atoms with Gasteiger partial charge in [0.05, 0.1) is 12.6 Å². The van der Waals surface area contributed by atoms with Gasteiger partial charge in [-0.2, -0.15) is 0 Å². The lowest BCUT2D eigenvalue weighted by Crippen LogP contribution is -2.47. The Morgan fingerprint density at radius 2 is 0.877 bits per heavy atom. The Bertz CT molecular complexity index is 933. The average Bonchev–Trinajstić information content (AvgIpc) is 3.22. The van der Waals surface area contributed by atoms with E-state index in [0.717, 1.165) is 58.0 Å². The molecule has 0 aliphatic heterocycles. The van der Waals surface area contributed by atoms with E-state index in [-0.39, 0.29) is 24.4 Å². The zero-order chi connectivity index (χ0) is 41.5. The van der Waals surface area contributed by atoms with Gasteiger partial charge in [0, 0.05) is 12.4 Å². The van der Waals surface area contributed by atoms with Gasteiger partial charge in [-0.3, -0.25) is 14.5 Å². The van der Waals surface area contributed by atoms with Gasteiger partial charge in [0.15, 0.2) is 0 Å².